The van der Waals surface area contributed by atoms with Crippen LogP contribution in [0.4, 0.5) is 14.5 Å². The van der Waals surface area contributed by atoms with Crippen LogP contribution in [-0.2, 0) is 10.3 Å². The molecule has 0 radical (unpaired) electrons. The lowest BCUT2D eigenvalue weighted by Crippen LogP contribution is -2.42. The van der Waals surface area contributed by atoms with Crippen molar-refractivity contribution in [2.45, 2.75) is 18.9 Å². The van der Waals surface area contributed by atoms with E-state index in [0.717, 1.165) is 0 Å². The molecule has 4 nitrogen and oxygen atoms in total. The minimum atomic E-state index is -0.964. The minimum absolute atomic E-state index is 0.0144. The number of benzene rings is 1. The zero-order chi connectivity index (χ0) is 14.0. The van der Waals surface area contributed by atoms with Gasteiger partial charge in [0.2, 0.25) is 0 Å². The van der Waals surface area contributed by atoms with E-state index < -0.39 is 18.0 Å². The van der Waals surface area contributed by atoms with Gasteiger partial charge in [-0.2, -0.15) is 0 Å². The molecule has 104 valence electrons. The van der Waals surface area contributed by atoms with Crippen molar-refractivity contribution in [3.05, 3.63) is 29.6 Å². The molecule has 2 rings (SSSR count). The summed E-state index contributed by atoms with van der Waals surface area (Å²) in [4.78, 5) is 4.20. The summed E-state index contributed by atoms with van der Waals surface area (Å²) in [5.41, 5.74) is 11.1. The smallest absolute Gasteiger partial charge is 0.282 e. The fourth-order valence-electron chi connectivity index (χ4n) is 2.41. The molecule has 0 saturated carbocycles. The molecule has 1 aromatic carbocycles. The van der Waals surface area contributed by atoms with Crippen LogP contribution in [0.5, 0.6) is 0 Å². The lowest BCUT2D eigenvalue weighted by atomic mass is 9.78. The summed E-state index contributed by atoms with van der Waals surface area (Å²) in [6, 6.07) is 4.25. The third-order valence-corrected chi connectivity index (χ3v) is 3.56. The van der Waals surface area contributed by atoms with Crippen molar-refractivity contribution in [2.24, 2.45) is 16.6 Å². The van der Waals surface area contributed by atoms with Crippen LogP contribution in [-0.4, -0.2) is 19.3 Å². The number of halogens is 2. The zero-order valence-electron chi connectivity index (χ0n) is 10.7. The van der Waals surface area contributed by atoms with Gasteiger partial charge in [0.25, 0.3) is 6.02 Å². The number of rotatable bonds is 3. The lowest BCUT2D eigenvalue weighted by molar-refractivity contribution is 0.119. The van der Waals surface area contributed by atoms with Crippen LogP contribution in [0.1, 0.15) is 18.9 Å². The molecule has 1 aliphatic heterocycles. The standard InChI is InChI=1S/C13H17F2N3O/c1-13(10-6-9(16)2-3-11(10)15)8(4-5-14)7-19-12(17)18-13/h2-3,6,8H,4-5,7,16H2,1H3,(H2,17,18)/t8-,13+/m1/s1. The fourth-order valence-corrected chi connectivity index (χ4v) is 2.41. The molecular formula is C13H17F2N3O. The molecule has 0 unspecified atom stereocenters. The molecule has 19 heavy (non-hydrogen) atoms. The molecule has 1 aromatic rings. The van der Waals surface area contributed by atoms with Crippen LogP contribution >= 0.6 is 0 Å². The Morgan fingerprint density at radius 2 is 2.21 bits per heavy atom. The maximum Gasteiger partial charge on any atom is 0.282 e. The van der Waals surface area contributed by atoms with E-state index in [1.54, 1.807) is 6.92 Å². The maximum absolute atomic E-state index is 14.0. The normalized spacial score (nSPS) is 26.7. The van der Waals surface area contributed by atoms with Gasteiger partial charge >= 0.3 is 0 Å². The summed E-state index contributed by atoms with van der Waals surface area (Å²) in [5.74, 6) is -0.722. The van der Waals surface area contributed by atoms with E-state index in [2.05, 4.69) is 4.99 Å². The second-order valence-corrected chi connectivity index (χ2v) is 4.82. The fraction of sp³-hybridized carbons (Fsp3) is 0.462. The molecule has 1 heterocycles. The molecule has 0 fully saturated rings. The van der Waals surface area contributed by atoms with E-state index >= 15 is 0 Å². The first kappa shape index (κ1) is 13.6. The summed E-state index contributed by atoms with van der Waals surface area (Å²) in [6.07, 6.45) is 0.224. The average molecular weight is 269 g/mol. The number of hydrogen-bond donors (Lipinski definition) is 2. The van der Waals surface area contributed by atoms with Crippen LogP contribution in [0.3, 0.4) is 0 Å². The average Bonchev–Trinajstić information content (AvgIpc) is 2.36. The number of hydrogen-bond acceptors (Lipinski definition) is 4. The minimum Gasteiger partial charge on any atom is -0.465 e. The number of nitrogens with two attached hydrogens (primary N) is 2. The van der Waals surface area contributed by atoms with E-state index in [4.69, 9.17) is 16.2 Å². The Morgan fingerprint density at radius 1 is 1.47 bits per heavy atom. The van der Waals surface area contributed by atoms with Crippen LogP contribution in [0, 0.1) is 11.7 Å². The lowest BCUT2D eigenvalue weighted by Gasteiger charge is -2.37. The SMILES string of the molecule is C[C@]1(c2cc(N)ccc2F)N=C(N)OC[C@H]1CCF. The predicted octanol–water partition coefficient (Wildman–Crippen LogP) is 1.94. The van der Waals surface area contributed by atoms with Crippen molar-refractivity contribution >= 4 is 11.7 Å². The van der Waals surface area contributed by atoms with Gasteiger partial charge in [0.1, 0.15) is 5.82 Å². The van der Waals surface area contributed by atoms with Crippen LogP contribution in [0.25, 0.3) is 0 Å². The number of amidine groups is 1. The molecule has 0 bridgehead atoms. The topological polar surface area (TPSA) is 73.6 Å². The quantitative estimate of drug-likeness (QED) is 0.824. The monoisotopic (exact) mass is 269 g/mol. The van der Waals surface area contributed by atoms with Crippen LogP contribution in [0.15, 0.2) is 23.2 Å². The predicted molar refractivity (Wildman–Crippen MR) is 69.8 cm³/mol. The number of anilines is 1. The highest BCUT2D eigenvalue weighted by Crippen LogP contribution is 2.40. The van der Waals surface area contributed by atoms with Gasteiger partial charge in [-0.25, -0.2) is 9.38 Å². The van der Waals surface area contributed by atoms with E-state index in [-0.39, 0.29) is 25.0 Å². The van der Waals surface area contributed by atoms with Gasteiger partial charge in [-0.3, -0.25) is 4.39 Å². The van der Waals surface area contributed by atoms with Gasteiger partial charge in [-0.15, -0.1) is 0 Å². The Kier molecular flexibility index (Phi) is 3.59. The molecular weight excluding hydrogens is 252 g/mol. The highest BCUT2D eigenvalue weighted by molar-refractivity contribution is 5.73. The molecule has 0 aliphatic carbocycles. The second kappa shape index (κ2) is 5.03. The molecule has 0 amide bonds. The van der Waals surface area contributed by atoms with Crippen molar-refractivity contribution in [3.8, 4) is 0 Å². The Morgan fingerprint density at radius 3 is 2.89 bits per heavy atom. The van der Waals surface area contributed by atoms with Crippen molar-refractivity contribution in [1.82, 2.24) is 0 Å². The summed E-state index contributed by atoms with van der Waals surface area (Å²) in [5, 5.41) is 0. The van der Waals surface area contributed by atoms with E-state index in [0.29, 0.717) is 11.3 Å². The molecule has 1 aliphatic rings. The number of alkyl halides is 1. The molecule has 2 atom stereocenters. The van der Waals surface area contributed by atoms with E-state index in [9.17, 15) is 8.78 Å². The van der Waals surface area contributed by atoms with E-state index in [1.807, 2.05) is 0 Å². The Balaban J connectivity index is 2.52. The summed E-state index contributed by atoms with van der Waals surface area (Å²) >= 11 is 0. The number of nitrogen functional groups attached to an aromatic ring is 1. The van der Waals surface area contributed by atoms with Gasteiger partial charge in [0.15, 0.2) is 0 Å². The third-order valence-electron chi connectivity index (χ3n) is 3.56. The first-order chi connectivity index (χ1) is 8.97. The highest BCUT2D eigenvalue weighted by atomic mass is 19.1. The van der Waals surface area contributed by atoms with Crippen LogP contribution < -0.4 is 11.5 Å². The molecule has 0 aromatic heterocycles. The molecule has 6 heteroatoms. The van der Waals surface area contributed by atoms with Gasteiger partial charge < -0.3 is 16.2 Å². The van der Waals surface area contributed by atoms with Crippen molar-refractivity contribution in [3.63, 3.8) is 0 Å². The van der Waals surface area contributed by atoms with Crippen molar-refractivity contribution in [1.29, 1.82) is 0 Å². The number of aliphatic imine (C=N–C) groups is 1. The Hall–Kier alpha value is -1.85. The highest BCUT2D eigenvalue weighted by Gasteiger charge is 2.41. The van der Waals surface area contributed by atoms with Gasteiger partial charge in [-0.05, 0) is 31.5 Å². The first-order valence-corrected chi connectivity index (χ1v) is 6.07. The Bertz CT molecular complexity index is 507. The van der Waals surface area contributed by atoms with E-state index in [1.165, 1.54) is 18.2 Å². The first-order valence-electron chi connectivity index (χ1n) is 6.07. The number of ether oxygens (including phenoxy) is 1. The second-order valence-electron chi connectivity index (χ2n) is 4.82. The van der Waals surface area contributed by atoms with Crippen molar-refractivity contribution < 1.29 is 13.5 Å². The molecule has 0 saturated heterocycles. The number of nitrogens with zero attached hydrogens (tertiary/aromatic N) is 1. The Labute approximate surface area is 110 Å². The maximum atomic E-state index is 14.0. The van der Waals surface area contributed by atoms with Gasteiger partial charge in [0, 0.05) is 17.2 Å². The molecule has 4 N–H and O–H groups in total. The third kappa shape index (κ3) is 2.47. The largest absolute Gasteiger partial charge is 0.465 e. The van der Waals surface area contributed by atoms with Crippen LogP contribution in [0.2, 0.25) is 0 Å². The summed E-state index contributed by atoms with van der Waals surface area (Å²) < 4.78 is 31.8. The summed E-state index contributed by atoms with van der Waals surface area (Å²) in [6.45, 7) is 1.41. The molecule has 0 spiro atoms. The van der Waals surface area contributed by atoms with Gasteiger partial charge in [0.05, 0.1) is 18.8 Å². The van der Waals surface area contributed by atoms with Crippen molar-refractivity contribution in [2.75, 3.05) is 19.0 Å². The zero-order valence-corrected chi connectivity index (χ0v) is 10.7. The van der Waals surface area contributed by atoms with Gasteiger partial charge in [-0.1, -0.05) is 0 Å². The summed E-state index contributed by atoms with van der Waals surface area (Å²) in [7, 11) is 0.